The molecule has 0 radical (unpaired) electrons. The predicted octanol–water partition coefficient (Wildman–Crippen LogP) is 2.55. The van der Waals surface area contributed by atoms with Crippen molar-refractivity contribution < 1.29 is 4.79 Å². The van der Waals surface area contributed by atoms with Crippen LogP contribution in [0.5, 0.6) is 0 Å². The molecule has 1 amide bonds. The van der Waals surface area contributed by atoms with Crippen LogP contribution in [0.3, 0.4) is 0 Å². The summed E-state index contributed by atoms with van der Waals surface area (Å²) in [7, 11) is 0. The lowest BCUT2D eigenvalue weighted by atomic mass is 10.0. The molecule has 0 aliphatic heterocycles. The zero-order chi connectivity index (χ0) is 12.1. The van der Waals surface area contributed by atoms with Gasteiger partial charge in [-0.2, -0.15) is 5.10 Å². The van der Waals surface area contributed by atoms with Crippen molar-refractivity contribution in [3.05, 3.63) is 24.4 Å². The minimum Gasteiger partial charge on any atom is -0.326 e. The maximum Gasteiger partial charge on any atom is 0.227 e. The minimum atomic E-state index is 0.182. The van der Waals surface area contributed by atoms with E-state index >= 15 is 0 Å². The fourth-order valence-electron chi connectivity index (χ4n) is 3.19. The van der Waals surface area contributed by atoms with Crippen LogP contribution in [0.1, 0.15) is 19.3 Å². The molecule has 2 aromatic rings. The van der Waals surface area contributed by atoms with E-state index in [1.54, 1.807) is 6.20 Å². The number of nitrogens with one attached hydrogen (secondary N) is 2. The first-order valence-electron chi connectivity index (χ1n) is 6.53. The molecule has 2 aliphatic rings. The molecule has 2 fully saturated rings. The molecule has 2 saturated carbocycles. The number of anilines is 1. The van der Waals surface area contributed by atoms with Crippen LogP contribution in [0, 0.1) is 17.8 Å². The number of aromatic amines is 1. The number of aromatic nitrogens is 2. The van der Waals surface area contributed by atoms with Gasteiger partial charge < -0.3 is 5.32 Å². The molecule has 4 heteroatoms. The molecule has 2 aliphatic carbocycles. The van der Waals surface area contributed by atoms with Crippen molar-refractivity contribution in [2.24, 2.45) is 17.8 Å². The fourth-order valence-corrected chi connectivity index (χ4v) is 3.19. The number of hydrogen-bond acceptors (Lipinski definition) is 2. The first-order valence-corrected chi connectivity index (χ1v) is 6.53. The van der Waals surface area contributed by atoms with E-state index in [9.17, 15) is 4.79 Å². The molecule has 1 aromatic heterocycles. The van der Waals surface area contributed by atoms with E-state index in [4.69, 9.17) is 0 Å². The van der Waals surface area contributed by atoms with Gasteiger partial charge >= 0.3 is 0 Å². The van der Waals surface area contributed by atoms with E-state index in [1.165, 1.54) is 6.42 Å². The zero-order valence-corrected chi connectivity index (χ0v) is 10.0. The number of carbonyl (C=O) groups excluding carboxylic acids is 1. The molecule has 1 aromatic carbocycles. The van der Waals surface area contributed by atoms with Gasteiger partial charge in [-0.3, -0.25) is 9.89 Å². The minimum absolute atomic E-state index is 0.182. The summed E-state index contributed by atoms with van der Waals surface area (Å²) >= 11 is 0. The van der Waals surface area contributed by atoms with E-state index in [1.807, 2.05) is 18.2 Å². The SMILES string of the molecule is O=C(Nc1ccc2cn[nH]c2c1)C1CC2CC2C1. The molecule has 0 spiro atoms. The van der Waals surface area contributed by atoms with Crippen LogP contribution in [0.4, 0.5) is 5.69 Å². The van der Waals surface area contributed by atoms with Crippen molar-refractivity contribution >= 4 is 22.5 Å². The lowest BCUT2D eigenvalue weighted by Crippen LogP contribution is -2.21. The highest BCUT2D eigenvalue weighted by Crippen LogP contribution is 2.54. The van der Waals surface area contributed by atoms with E-state index in [0.717, 1.165) is 41.3 Å². The Morgan fingerprint density at radius 1 is 1.28 bits per heavy atom. The van der Waals surface area contributed by atoms with Gasteiger partial charge in [0.15, 0.2) is 0 Å². The molecule has 1 heterocycles. The van der Waals surface area contributed by atoms with Crippen LogP contribution in [0.15, 0.2) is 24.4 Å². The standard InChI is InChI=1S/C14H15N3O/c18-14(11-4-9-3-10(9)5-11)16-12-2-1-8-7-15-17-13(8)6-12/h1-2,6-7,9-11H,3-5H2,(H,15,17)(H,16,18). The second-order valence-electron chi connectivity index (χ2n) is 5.59. The van der Waals surface area contributed by atoms with Gasteiger partial charge in [-0.15, -0.1) is 0 Å². The van der Waals surface area contributed by atoms with E-state index in [-0.39, 0.29) is 11.8 Å². The average molecular weight is 241 g/mol. The van der Waals surface area contributed by atoms with Crippen LogP contribution < -0.4 is 5.32 Å². The molecule has 18 heavy (non-hydrogen) atoms. The molecule has 2 N–H and O–H groups in total. The quantitative estimate of drug-likeness (QED) is 0.848. The van der Waals surface area contributed by atoms with Crippen molar-refractivity contribution in [3.8, 4) is 0 Å². The number of benzene rings is 1. The number of H-pyrrole nitrogens is 1. The summed E-state index contributed by atoms with van der Waals surface area (Å²) < 4.78 is 0. The Bertz CT molecular complexity index is 608. The summed E-state index contributed by atoms with van der Waals surface area (Å²) in [6.45, 7) is 0. The molecule has 0 saturated heterocycles. The summed E-state index contributed by atoms with van der Waals surface area (Å²) in [5.41, 5.74) is 1.82. The zero-order valence-electron chi connectivity index (χ0n) is 10.0. The van der Waals surface area contributed by atoms with Crippen molar-refractivity contribution in [2.75, 3.05) is 5.32 Å². The van der Waals surface area contributed by atoms with E-state index in [2.05, 4.69) is 15.5 Å². The average Bonchev–Trinajstić information content (AvgIpc) is 2.79. The summed E-state index contributed by atoms with van der Waals surface area (Å²) in [5.74, 6) is 2.10. The molecule has 92 valence electrons. The highest BCUT2D eigenvalue weighted by Gasteiger charge is 2.47. The normalized spacial score (nSPS) is 29.2. The summed E-state index contributed by atoms with van der Waals surface area (Å²) in [5, 5.41) is 11.0. The molecule has 2 unspecified atom stereocenters. The van der Waals surface area contributed by atoms with Gasteiger partial charge in [0.1, 0.15) is 0 Å². The van der Waals surface area contributed by atoms with Crippen molar-refractivity contribution in [2.45, 2.75) is 19.3 Å². The Morgan fingerprint density at radius 2 is 2.11 bits per heavy atom. The first-order chi connectivity index (χ1) is 8.79. The van der Waals surface area contributed by atoms with Gasteiger partial charge in [-0.1, -0.05) is 0 Å². The summed E-state index contributed by atoms with van der Waals surface area (Å²) in [4.78, 5) is 12.1. The van der Waals surface area contributed by atoms with Crippen molar-refractivity contribution in [1.29, 1.82) is 0 Å². The maximum atomic E-state index is 12.1. The lowest BCUT2D eigenvalue weighted by Gasteiger charge is -2.12. The first kappa shape index (κ1) is 10.1. The lowest BCUT2D eigenvalue weighted by molar-refractivity contribution is -0.120. The summed E-state index contributed by atoms with van der Waals surface area (Å²) in [6.07, 6.45) is 5.31. The fraction of sp³-hybridized carbons (Fsp3) is 0.429. The van der Waals surface area contributed by atoms with Gasteiger partial charge in [0.2, 0.25) is 5.91 Å². The van der Waals surface area contributed by atoms with Gasteiger partial charge in [-0.25, -0.2) is 0 Å². The third-order valence-corrected chi connectivity index (χ3v) is 4.32. The number of amides is 1. The largest absolute Gasteiger partial charge is 0.326 e. The van der Waals surface area contributed by atoms with E-state index < -0.39 is 0 Å². The number of nitrogens with zero attached hydrogens (tertiary/aromatic N) is 1. The summed E-state index contributed by atoms with van der Waals surface area (Å²) in [6, 6.07) is 5.85. The van der Waals surface area contributed by atoms with Crippen LogP contribution in [0.2, 0.25) is 0 Å². The van der Waals surface area contributed by atoms with Gasteiger partial charge in [0.25, 0.3) is 0 Å². The van der Waals surface area contributed by atoms with Crippen molar-refractivity contribution in [1.82, 2.24) is 10.2 Å². The van der Waals surface area contributed by atoms with Gasteiger partial charge in [0, 0.05) is 17.0 Å². The van der Waals surface area contributed by atoms with Crippen LogP contribution in [0.25, 0.3) is 10.9 Å². The number of hydrogen-bond donors (Lipinski definition) is 2. The molecule has 2 atom stereocenters. The van der Waals surface area contributed by atoms with Crippen LogP contribution in [-0.4, -0.2) is 16.1 Å². The topological polar surface area (TPSA) is 57.8 Å². The molecular formula is C14H15N3O. The number of rotatable bonds is 2. The third-order valence-electron chi connectivity index (χ3n) is 4.32. The Labute approximate surface area is 105 Å². The Balaban J connectivity index is 1.51. The predicted molar refractivity (Wildman–Crippen MR) is 69.0 cm³/mol. The molecule has 4 nitrogen and oxygen atoms in total. The van der Waals surface area contributed by atoms with Crippen molar-refractivity contribution in [3.63, 3.8) is 0 Å². The number of carbonyl (C=O) groups is 1. The number of fused-ring (bicyclic) bond motifs is 2. The molecule has 0 bridgehead atoms. The second kappa shape index (κ2) is 3.57. The Hall–Kier alpha value is -1.84. The van der Waals surface area contributed by atoms with Gasteiger partial charge in [0.05, 0.1) is 11.7 Å². The van der Waals surface area contributed by atoms with Crippen LogP contribution in [-0.2, 0) is 4.79 Å². The Morgan fingerprint density at radius 3 is 2.94 bits per heavy atom. The Kier molecular flexibility index (Phi) is 2.01. The van der Waals surface area contributed by atoms with Crippen LogP contribution >= 0.6 is 0 Å². The smallest absolute Gasteiger partial charge is 0.227 e. The highest BCUT2D eigenvalue weighted by molar-refractivity contribution is 5.95. The molecule has 4 rings (SSSR count). The van der Waals surface area contributed by atoms with E-state index in [0.29, 0.717) is 0 Å². The maximum absolute atomic E-state index is 12.1. The monoisotopic (exact) mass is 241 g/mol. The van der Waals surface area contributed by atoms with Gasteiger partial charge in [-0.05, 0) is 49.3 Å². The highest BCUT2D eigenvalue weighted by atomic mass is 16.1. The third kappa shape index (κ3) is 1.60. The molecular weight excluding hydrogens is 226 g/mol. The second-order valence-corrected chi connectivity index (χ2v) is 5.59.